The summed E-state index contributed by atoms with van der Waals surface area (Å²) in [5.74, 6) is 0.913. The SMILES string of the molecule is CCNC(=NCc1c(C)nn(-c2ccccc2)c1C)NC1CCC(SC)C1. The van der Waals surface area contributed by atoms with Crippen LogP contribution in [0.25, 0.3) is 5.69 Å². The number of rotatable bonds is 6. The Morgan fingerprint density at radius 3 is 2.70 bits per heavy atom. The molecule has 0 spiro atoms. The minimum absolute atomic E-state index is 0.523. The maximum Gasteiger partial charge on any atom is 0.191 e. The van der Waals surface area contributed by atoms with E-state index in [9.17, 15) is 0 Å². The number of aryl methyl sites for hydroxylation is 1. The average molecular weight is 386 g/mol. The number of guanidine groups is 1. The molecule has 6 heteroatoms. The first-order chi connectivity index (χ1) is 13.1. The molecule has 0 radical (unpaired) electrons. The zero-order chi connectivity index (χ0) is 19.2. The molecule has 1 saturated carbocycles. The van der Waals surface area contributed by atoms with Crippen molar-refractivity contribution >= 4 is 17.7 Å². The molecular formula is C21H31N5S. The second kappa shape index (κ2) is 9.31. The lowest BCUT2D eigenvalue weighted by atomic mass is 10.2. The third-order valence-electron chi connectivity index (χ3n) is 5.24. The molecule has 27 heavy (non-hydrogen) atoms. The summed E-state index contributed by atoms with van der Waals surface area (Å²) < 4.78 is 2.01. The molecule has 146 valence electrons. The molecule has 1 aromatic heterocycles. The smallest absolute Gasteiger partial charge is 0.191 e. The molecule has 2 atom stereocenters. The van der Waals surface area contributed by atoms with E-state index in [4.69, 9.17) is 10.1 Å². The number of hydrogen-bond acceptors (Lipinski definition) is 3. The summed E-state index contributed by atoms with van der Waals surface area (Å²) in [6, 6.07) is 10.8. The minimum Gasteiger partial charge on any atom is -0.357 e. The average Bonchev–Trinajstić information content (AvgIpc) is 3.25. The lowest BCUT2D eigenvalue weighted by molar-refractivity contribution is 0.615. The second-order valence-corrected chi connectivity index (χ2v) is 8.24. The minimum atomic E-state index is 0.523. The van der Waals surface area contributed by atoms with Crippen LogP contribution >= 0.6 is 11.8 Å². The van der Waals surface area contributed by atoms with Crippen molar-refractivity contribution in [2.45, 2.75) is 57.9 Å². The Morgan fingerprint density at radius 1 is 1.26 bits per heavy atom. The van der Waals surface area contributed by atoms with Gasteiger partial charge in [-0.3, -0.25) is 0 Å². The monoisotopic (exact) mass is 385 g/mol. The standard InChI is InChI=1S/C21H31N5S/c1-5-22-21(24-17-11-12-19(13-17)27-4)23-14-20-15(2)25-26(16(20)3)18-9-7-6-8-10-18/h6-10,17,19H,5,11-14H2,1-4H3,(H2,22,23,24). The van der Waals surface area contributed by atoms with Crippen LogP contribution in [-0.4, -0.2) is 39.8 Å². The number of hydrogen-bond donors (Lipinski definition) is 2. The van der Waals surface area contributed by atoms with Crippen LogP contribution < -0.4 is 10.6 Å². The summed E-state index contributed by atoms with van der Waals surface area (Å²) in [7, 11) is 0. The van der Waals surface area contributed by atoms with Crippen molar-refractivity contribution in [2.75, 3.05) is 12.8 Å². The molecule has 5 nitrogen and oxygen atoms in total. The Hall–Kier alpha value is -1.95. The van der Waals surface area contributed by atoms with Crippen LogP contribution in [0.4, 0.5) is 0 Å². The van der Waals surface area contributed by atoms with Gasteiger partial charge in [-0.2, -0.15) is 16.9 Å². The molecule has 1 fully saturated rings. The maximum absolute atomic E-state index is 4.86. The van der Waals surface area contributed by atoms with Crippen LogP contribution in [0.15, 0.2) is 35.3 Å². The Bertz CT molecular complexity index is 768. The zero-order valence-electron chi connectivity index (χ0n) is 16.8. The molecule has 2 aromatic rings. The van der Waals surface area contributed by atoms with Crippen molar-refractivity contribution < 1.29 is 0 Å². The van der Waals surface area contributed by atoms with Crippen LogP contribution in [-0.2, 0) is 6.54 Å². The Kier molecular flexibility index (Phi) is 6.83. The molecular weight excluding hydrogens is 354 g/mol. The van der Waals surface area contributed by atoms with Crippen molar-refractivity contribution in [1.82, 2.24) is 20.4 Å². The number of benzene rings is 1. The number of thioether (sulfide) groups is 1. The number of nitrogens with one attached hydrogen (secondary N) is 2. The second-order valence-electron chi connectivity index (χ2n) is 7.10. The van der Waals surface area contributed by atoms with Gasteiger partial charge in [0.1, 0.15) is 0 Å². The predicted octanol–water partition coefficient (Wildman–Crippen LogP) is 3.83. The topological polar surface area (TPSA) is 54.2 Å². The van der Waals surface area contributed by atoms with Crippen molar-refractivity contribution in [2.24, 2.45) is 4.99 Å². The number of nitrogens with zero attached hydrogens (tertiary/aromatic N) is 3. The van der Waals surface area contributed by atoms with Crippen LogP contribution in [0, 0.1) is 13.8 Å². The highest BCUT2D eigenvalue weighted by atomic mass is 32.2. The molecule has 2 N–H and O–H groups in total. The Morgan fingerprint density at radius 2 is 2.04 bits per heavy atom. The van der Waals surface area contributed by atoms with E-state index in [1.165, 1.54) is 24.8 Å². The van der Waals surface area contributed by atoms with Crippen LogP contribution in [0.5, 0.6) is 0 Å². The quantitative estimate of drug-likeness (QED) is 0.586. The van der Waals surface area contributed by atoms with Gasteiger partial charge in [-0.15, -0.1) is 0 Å². The third kappa shape index (κ3) is 4.86. The summed E-state index contributed by atoms with van der Waals surface area (Å²) in [4.78, 5) is 4.86. The van der Waals surface area contributed by atoms with Crippen LogP contribution in [0.3, 0.4) is 0 Å². The largest absolute Gasteiger partial charge is 0.357 e. The Balaban J connectivity index is 1.73. The lowest BCUT2D eigenvalue weighted by Crippen LogP contribution is -2.42. The highest BCUT2D eigenvalue weighted by molar-refractivity contribution is 7.99. The van der Waals surface area contributed by atoms with E-state index < -0.39 is 0 Å². The van der Waals surface area contributed by atoms with E-state index in [1.54, 1.807) is 0 Å². The summed E-state index contributed by atoms with van der Waals surface area (Å²) in [5, 5.41) is 12.5. The number of para-hydroxylation sites is 1. The molecule has 0 saturated heterocycles. The summed E-state index contributed by atoms with van der Waals surface area (Å²) in [6.07, 6.45) is 5.94. The summed E-state index contributed by atoms with van der Waals surface area (Å²) in [6.45, 7) is 7.81. The van der Waals surface area contributed by atoms with Gasteiger partial charge in [0.05, 0.1) is 17.9 Å². The van der Waals surface area contributed by atoms with Crippen molar-refractivity contribution in [3.05, 3.63) is 47.3 Å². The van der Waals surface area contributed by atoms with E-state index in [0.29, 0.717) is 12.6 Å². The first-order valence-electron chi connectivity index (χ1n) is 9.80. The van der Waals surface area contributed by atoms with Gasteiger partial charge in [-0.05, 0) is 58.4 Å². The van der Waals surface area contributed by atoms with E-state index in [2.05, 4.69) is 49.8 Å². The van der Waals surface area contributed by atoms with E-state index in [1.807, 2.05) is 34.6 Å². The fraction of sp³-hybridized carbons (Fsp3) is 0.524. The van der Waals surface area contributed by atoms with E-state index in [-0.39, 0.29) is 0 Å². The third-order valence-corrected chi connectivity index (χ3v) is 6.33. The molecule has 0 bridgehead atoms. The van der Waals surface area contributed by atoms with E-state index in [0.717, 1.165) is 34.8 Å². The first-order valence-corrected chi connectivity index (χ1v) is 11.1. The fourth-order valence-electron chi connectivity index (χ4n) is 3.68. The highest BCUT2D eigenvalue weighted by Gasteiger charge is 2.24. The fourth-order valence-corrected chi connectivity index (χ4v) is 4.48. The van der Waals surface area contributed by atoms with Crippen molar-refractivity contribution in [1.29, 1.82) is 0 Å². The first kappa shape index (κ1) is 19.8. The molecule has 0 amide bonds. The molecule has 1 aliphatic rings. The van der Waals surface area contributed by atoms with Crippen molar-refractivity contribution in [3.63, 3.8) is 0 Å². The number of aromatic nitrogens is 2. The van der Waals surface area contributed by atoms with Crippen LogP contribution in [0.2, 0.25) is 0 Å². The van der Waals surface area contributed by atoms with Gasteiger partial charge in [0.15, 0.2) is 5.96 Å². The molecule has 3 rings (SSSR count). The molecule has 1 aromatic carbocycles. The van der Waals surface area contributed by atoms with Gasteiger partial charge < -0.3 is 10.6 Å². The van der Waals surface area contributed by atoms with Gasteiger partial charge in [0, 0.05) is 29.1 Å². The molecule has 2 unspecified atom stereocenters. The summed E-state index contributed by atoms with van der Waals surface area (Å²) in [5.41, 5.74) is 4.48. The number of aliphatic imine (C=N–C) groups is 1. The predicted molar refractivity (Wildman–Crippen MR) is 116 cm³/mol. The maximum atomic E-state index is 4.86. The highest BCUT2D eigenvalue weighted by Crippen LogP contribution is 2.28. The van der Waals surface area contributed by atoms with Crippen LogP contribution in [0.1, 0.15) is 43.1 Å². The molecule has 1 heterocycles. The Labute approximate surface area is 167 Å². The van der Waals surface area contributed by atoms with Gasteiger partial charge in [0.2, 0.25) is 0 Å². The molecule has 0 aliphatic heterocycles. The summed E-state index contributed by atoms with van der Waals surface area (Å²) >= 11 is 1.98. The van der Waals surface area contributed by atoms with E-state index >= 15 is 0 Å². The van der Waals surface area contributed by atoms with Gasteiger partial charge in [0.25, 0.3) is 0 Å². The molecule has 1 aliphatic carbocycles. The van der Waals surface area contributed by atoms with Gasteiger partial charge in [-0.25, -0.2) is 9.67 Å². The van der Waals surface area contributed by atoms with Gasteiger partial charge in [-0.1, -0.05) is 18.2 Å². The lowest BCUT2D eigenvalue weighted by Gasteiger charge is -2.17. The normalized spacial score (nSPS) is 20.1. The van der Waals surface area contributed by atoms with Crippen molar-refractivity contribution in [3.8, 4) is 5.69 Å². The zero-order valence-corrected chi connectivity index (χ0v) is 17.6. The van der Waals surface area contributed by atoms with Gasteiger partial charge >= 0.3 is 0 Å².